The summed E-state index contributed by atoms with van der Waals surface area (Å²) in [5.74, 6) is -1.20. The van der Waals surface area contributed by atoms with Gasteiger partial charge in [0, 0.05) is 95.7 Å². The van der Waals surface area contributed by atoms with Crippen LogP contribution in [0.3, 0.4) is 0 Å². The number of ether oxygens (including phenoxy) is 8. The number of carbonyl (C=O) groups is 6. The smallest absolute Gasteiger partial charge is 0.324 e. The van der Waals surface area contributed by atoms with E-state index in [0.717, 1.165) is 46.2 Å². The van der Waals surface area contributed by atoms with E-state index in [2.05, 4.69) is 242 Å². The van der Waals surface area contributed by atoms with Gasteiger partial charge in [0.2, 0.25) is 0 Å². The first-order valence-corrected chi connectivity index (χ1v) is 48.2. The van der Waals surface area contributed by atoms with E-state index >= 15 is 19.2 Å². The summed E-state index contributed by atoms with van der Waals surface area (Å²) in [6.45, 7) is 60.5. The summed E-state index contributed by atoms with van der Waals surface area (Å²) in [5, 5.41) is 23.8. The highest BCUT2D eigenvalue weighted by Crippen LogP contribution is 2.51. The predicted molar refractivity (Wildman–Crippen MR) is 510 cm³/mol. The molecule has 0 unspecified atom stereocenters. The Balaban J connectivity index is 0.769. The first kappa shape index (κ1) is 104. The minimum absolute atomic E-state index is 0.0430. The molecule has 1 saturated carbocycles. The van der Waals surface area contributed by atoms with E-state index in [1.165, 1.54) is 0 Å². The standard InChI is InChI=1S/C108H168N4O16/c1-95(2,3)83-57-71(58-84(87(83)113)96(4,5)6)61-107(91(117)125-79-63-99(13,14)109(29)100(15,16)64-79,92(118)126-80-65-101(17,18)110(30)102(19,20)66-80)53-37-33-35-39-55-121-75-45-49-77(50-46-75)123-89(115)73-41-43-74(44-42-73)90(116)124-78-51-47-76(48-52-78)122-56-40-36-34-38-54-108(93(119)127-81-67-103(21,22)111(31)104(23,24)68-81,94(120)128-82-69-105(25,26)112(32)106(27,28)70-82)62-72-59-85(97(7,8)9)88(114)86(60-72)98(10,11)12/h45-52,57-60,73-74,79-82,113-114H,33-44,53-56,61-70H2,1-32H3/t73-,74-. The largest absolute Gasteiger partial charge is 0.507 e. The van der Waals surface area contributed by atoms with Crippen LogP contribution in [0.25, 0.3) is 0 Å². The minimum Gasteiger partial charge on any atom is -0.507 e. The Labute approximate surface area is 771 Å². The predicted octanol–water partition coefficient (Wildman–Crippen LogP) is 22.5. The second-order valence-corrected chi connectivity index (χ2v) is 48.4. The first-order chi connectivity index (χ1) is 58.8. The van der Waals surface area contributed by atoms with Gasteiger partial charge in [-0.05, 0) is 307 Å². The summed E-state index contributed by atoms with van der Waals surface area (Å²) in [5.41, 5.74) is -3.03. The summed E-state index contributed by atoms with van der Waals surface area (Å²) < 4.78 is 51.4. The number of hydrogen-bond acceptors (Lipinski definition) is 20. The van der Waals surface area contributed by atoms with Crippen LogP contribution in [0.2, 0.25) is 0 Å². The Kier molecular flexibility index (Phi) is 32.2. The molecule has 4 aromatic carbocycles. The van der Waals surface area contributed by atoms with Crippen LogP contribution in [0.15, 0.2) is 72.8 Å². The number of hydrogen-bond donors (Lipinski definition) is 2. The number of phenolic OH excluding ortho intramolecular Hbond substituents is 2. The lowest BCUT2D eigenvalue weighted by Gasteiger charge is -2.53. The zero-order chi connectivity index (χ0) is 95.7. The van der Waals surface area contributed by atoms with Gasteiger partial charge in [0.15, 0.2) is 10.8 Å². The van der Waals surface area contributed by atoms with E-state index in [0.29, 0.717) is 152 Å². The Morgan fingerprint density at radius 1 is 0.320 bits per heavy atom. The summed E-state index contributed by atoms with van der Waals surface area (Å²) in [7, 11) is 8.49. The monoisotopic (exact) mass is 1780 g/mol. The fourth-order valence-electron chi connectivity index (χ4n) is 21.4. The number of phenols is 2. The zero-order valence-electron chi connectivity index (χ0n) is 85.2. The third kappa shape index (κ3) is 25.4. The normalized spacial score (nSPS) is 21.5. The molecule has 128 heavy (non-hydrogen) atoms. The molecule has 20 nitrogen and oxygen atoms in total. The number of likely N-dealkylation sites (tertiary alicyclic amines) is 4. The van der Waals surface area contributed by atoms with Crippen LogP contribution in [-0.2, 0) is 82.2 Å². The number of unbranched alkanes of at least 4 members (excludes halogenated alkanes) is 6. The molecule has 0 aromatic heterocycles. The Bertz CT molecular complexity index is 3950. The molecule has 5 fully saturated rings. The van der Waals surface area contributed by atoms with Crippen molar-refractivity contribution in [3.05, 3.63) is 106 Å². The Morgan fingerprint density at radius 3 is 0.734 bits per heavy atom. The van der Waals surface area contributed by atoms with Crippen LogP contribution in [-0.4, -0.2) is 176 Å². The molecule has 20 heteroatoms. The minimum atomic E-state index is -1.71. The molecule has 716 valence electrons. The quantitative estimate of drug-likeness (QED) is 0.0152. The van der Waals surface area contributed by atoms with Crippen LogP contribution >= 0.6 is 0 Å². The average molecular weight is 1780 g/mol. The molecule has 4 saturated heterocycles. The van der Waals surface area contributed by atoms with E-state index in [1.54, 1.807) is 48.5 Å². The lowest BCUT2D eigenvalue weighted by molar-refractivity contribution is -0.190. The highest BCUT2D eigenvalue weighted by Gasteiger charge is 2.57. The highest BCUT2D eigenvalue weighted by molar-refractivity contribution is 6.01. The number of carbonyl (C=O) groups excluding carboxylic acids is 6. The van der Waals surface area contributed by atoms with Crippen molar-refractivity contribution in [1.29, 1.82) is 0 Å². The maximum absolute atomic E-state index is 15.8. The van der Waals surface area contributed by atoms with Gasteiger partial charge in [0.1, 0.15) is 58.9 Å². The van der Waals surface area contributed by atoms with Crippen molar-refractivity contribution < 1.29 is 76.9 Å². The number of esters is 6. The van der Waals surface area contributed by atoms with Crippen LogP contribution in [0.5, 0.6) is 34.5 Å². The topological polar surface area (TPSA) is 230 Å². The molecule has 5 aliphatic rings. The van der Waals surface area contributed by atoms with Crippen molar-refractivity contribution in [2.75, 3.05) is 41.4 Å². The fourth-order valence-corrected chi connectivity index (χ4v) is 21.4. The third-order valence-corrected chi connectivity index (χ3v) is 30.3. The number of piperidine rings is 4. The maximum Gasteiger partial charge on any atom is 0.324 e. The number of aromatic hydroxyl groups is 2. The average Bonchev–Trinajstić information content (AvgIpc) is 0.769. The Hall–Kier alpha value is -7.26. The Morgan fingerprint density at radius 2 is 0.523 bits per heavy atom. The first-order valence-electron chi connectivity index (χ1n) is 48.2. The lowest BCUT2D eigenvalue weighted by atomic mass is 9.73. The molecule has 0 atom stereocenters. The zero-order valence-corrected chi connectivity index (χ0v) is 85.2. The number of rotatable bonds is 32. The second-order valence-electron chi connectivity index (χ2n) is 48.4. The van der Waals surface area contributed by atoms with E-state index < -0.39 is 80.8 Å². The van der Waals surface area contributed by atoms with E-state index in [-0.39, 0.29) is 105 Å². The molecule has 0 spiro atoms. The van der Waals surface area contributed by atoms with Gasteiger partial charge in [0.05, 0.1) is 25.0 Å². The second kappa shape index (κ2) is 39.5. The maximum atomic E-state index is 15.8. The van der Waals surface area contributed by atoms with Gasteiger partial charge in [0.25, 0.3) is 0 Å². The summed E-state index contributed by atoms with van der Waals surface area (Å²) >= 11 is 0. The molecule has 0 bridgehead atoms. The van der Waals surface area contributed by atoms with Crippen LogP contribution in [0.4, 0.5) is 0 Å². The van der Waals surface area contributed by atoms with E-state index in [1.807, 2.05) is 24.3 Å². The lowest BCUT2D eigenvalue weighted by Crippen LogP contribution is -2.61. The van der Waals surface area contributed by atoms with Gasteiger partial charge in [-0.2, -0.15) is 0 Å². The molecule has 4 aromatic rings. The molecule has 9 rings (SSSR count). The van der Waals surface area contributed by atoms with Gasteiger partial charge in [-0.1, -0.05) is 146 Å². The van der Waals surface area contributed by atoms with E-state index in [9.17, 15) is 19.8 Å². The number of benzene rings is 4. The summed E-state index contributed by atoms with van der Waals surface area (Å²) in [6.07, 6.45) is 10.8. The van der Waals surface area contributed by atoms with Gasteiger partial charge in [-0.3, -0.25) is 48.4 Å². The molecule has 0 amide bonds. The van der Waals surface area contributed by atoms with Crippen molar-refractivity contribution in [2.24, 2.45) is 22.7 Å². The molecule has 4 aliphatic heterocycles. The molecular weight excluding hydrogens is 1610 g/mol. The highest BCUT2D eigenvalue weighted by atomic mass is 16.6. The van der Waals surface area contributed by atoms with Crippen molar-refractivity contribution in [3.8, 4) is 34.5 Å². The van der Waals surface area contributed by atoms with Gasteiger partial charge in [-0.25, -0.2) is 0 Å². The van der Waals surface area contributed by atoms with E-state index in [4.69, 9.17) is 37.9 Å². The van der Waals surface area contributed by atoms with Gasteiger partial charge in [-0.15, -0.1) is 0 Å². The van der Waals surface area contributed by atoms with Gasteiger partial charge < -0.3 is 48.1 Å². The van der Waals surface area contributed by atoms with Crippen LogP contribution in [0, 0.1) is 22.7 Å². The van der Waals surface area contributed by atoms with Crippen molar-refractivity contribution >= 4 is 35.8 Å². The molecule has 4 heterocycles. The van der Waals surface area contributed by atoms with Crippen LogP contribution in [0.1, 0.15) is 369 Å². The SMILES string of the molecule is CN1C(C)(C)CC(OC(=O)C(CCCCCCOc2ccc(OC(=O)[C@H]3CC[C@H](C(=O)Oc4ccc(OCCCCCCC(Cc5cc(C(C)(C)C)c(O)c(C(C)(C)C)c5)(C(=O)OC5CC(C)(C)N(C)C(C)(C)C5)C(=O)OC5CC(C)(C)N(C)C(C)(C)C5)cc4)CC3)cc2)(Cc2cc(C(C)(C)C)c(O)c(C(C)(C)C)c2)C(=O)OC2CC(C)(C)N(C)C(C)(C)C2)CC1(C)C. The molecule has 2 N–H and O–H groups in total. The van der Waals surface area contributed by atoms with Gasteiger partial charge >= 0.3 is 35.8 Å². The summed E-state index contributed by atoms with van der Waals surface area (Å²) in [4.78, 5) is 99.7. The van der Waals surface area contributed by atoms with Crippen molar-refractivity contribution in [3.63, 3.8) is 0 Å². The third-order valence-electron chi connectivity index (χ3n) is 30.3. The fraction of sp³-hybridized carbons (Fsp3) is 0.722. The molecule has 0 radical (unpaired) electrons. The van der Waals surface area contributed by atoms with Crippen molar-refractivity contribution in [2.45, 2.75) is 438 Å². The van der Waals surface area contributed by atoms with Crippen molar-refractivity contribution in [1.82, 2.24) is 19.6 Å². The van der Waals surface area contributed by atoms with Crippen LogP contribution < -0.4 is 18.9 Å². The summed E-state index contributed by atoms with van der Waals surface area (Å²) in [6, 6.07) is 22.0. The number of nitrogens with zero attached hydrogens (tertiary/aromatic N) is 4. The molecular formula is C108H168N4O16. The molecule has 1 aliphatic carbocycles.